The molecule has 0 amide bonds. The first-order valence-corrected chi connectivity index (χ1v) is 9.53. The third-order valence-electron chi connectivity index (χ3n) is 3.68. The van der Waals surface area contributed by atoms with Crippen LogP contribution in [0.25, 0.3) is 0 Å². The molecule has 0 N–H and O–H groups in total. The molecule has 1 unspecified atom stereocenters. The summed E-state index contributed by atoms with van der Waals surface area (Å²) in [4.78, 5) is 2.64. The van der Waals surface area contributed by atoms with E-state index in [9.17, 15) is 0 Å². The van der Waals surface area contributed by atoms with E-state index >= 15 is 0 Å². The van der Waals surface area contributed by atoms with Gasteiger partial charge in [-0.2, -0.15) is 0 Å². The molecule has 0 saturated carbocycles. The molecule has 1 saturated heterocycles. The van der Waals surface area contributed by atoms with Crippen LogP contribution in [0.15, 0.2) is 24.3 Å². The Hall–Kier alpha value is -0.980. The molecular weight excluding hydrogens is 266 g/mol. The Balaban J connectivity index is 0.000000476. The zero-order valence-corrected chi connectivity index (χ0v) is 16.2. The van der Waals surface area contributed by atoms with Crippen molar-refractivity contribution in [3.05, 3.63) is 29.8 Å². The second-order valence-corrected chi connectivity index (χ2v) is 6.24. The van der Waals surface area contributed by atoms with Crippen LogP contribution in [0, 0.1) is 5.92 Å². The number of fused-ring (bicyclic) bond motifs is 3. The van der Waals surface area contributed by atoms with E-state index in [1.807, 2.05) is 27.7 Å². The lowest BCUT2D eigenvalue weighted by atomic mass is 9.90. The summed E-state index contributed by atoms with van der Waals surface area (Å²) >= 11 is 0. The molecule has 2 heterocycles. The van der Waals surface area contributed by atoms with E-state index in [0.717, 1.165) is 12.0 Å². The lowest BCUT2D eigenvalue weighted by Crippen LogP contribution is -2.42. The van der Waals surface area contributed by atoms with Crippen LogP contribution in [0.2, 0.25) is 0 Å². The third-order valence-corrected chi connectivity index (χ3v) is 3.68. The molecule has 2 aliphatic rings. The van der Waals surface area contributed by atoms with Gasteiger partial charge in [-0.15, -0.1) is 0 Å². The lowest BCUT2D eigenvalue weighted by molar-refractivity contribution is 0.424. The zero-order chi connectivity index (χ0) is 17.0. The van der Waals surface area contributed by atoms with Crippen molar-refractivity contribution in [2.45, 2.75) is 86.6 Å². The van der Waals surface area contributed by atoms with E-state index in [-0.39, 0.29) is 0 Å². The fourth-order valence-corrected chi connectivity index (χ4v) is 2.94. The van der Waals surface area contributed by atoms with Crippen LogP contribution in [0.5, 0.6) is 0 Å². The number of nitrogens with zero attached hydrogens (tertiary/aromatic N) is 1. The molecule has 1 atom stereocenters. The van der Waals surface area contributed by atoms with Crippen LogP contribution >= 0.6 is 0 Å². The van der Waals surface area contributed by atoms with Gasteiger partial charge in [0.1, 0.15) is 0 Å². The Morgan fingerprint density at radius 3 is 2.14 bits per heavy atom. The minimum atomic E-state index is 0.833. The molecule has 0 aromatic heterocycles. The number of piperidine rings is 1. The van der Waals surface area contributed by atoms with E-state index in [4.69, 9.17) is 0 Å². The van der Waals surface area contributed by atoms with Gasteiger partial charge >= 0.3 is 0 Å². The van der Waals surface area contributed by atoms with Crippen molar-refractivity contribution < 1.29 is 0 Å². The highest BCUT2D eigenvalue weighted by molar-refractivity contribution is 5.56. The van der Waals surface area contributed by atoms with Gasteiger partial charge in [0, 0.05) is 18.3 Å². The van der Waals surface area contributed by atoms with Crippen molar-refractivity contribution >= 4 is 5.69 Å². The summed E-state index contributed by atoms with van der Waals surface area (Å²) in [5.41, 5.74) is 3.08. The summed E-state index contributed by atoms with van der Waals surface area (Å²) in [5, 5.41) is 0. The second kappa shape index (κ2) is 12.6. The molecule has 1 aromatic rings. The summed E-state index contributed by atoms with van der Waals surface area (Å²) < 4.78 is 0. The number of aryl methyl sites for hydroxylation is 1. The van der Waals surface area contributed by atoms with Crippen molar-refractivity contribution in [2.24, 2.45) is 5.92 Å². The van der Waals surface area contributed by atoms with Crippen LogP contribution in [-0.2, 0) is 6.42 Å². The molecule has 1 nitrogen and oxygen atoms in total. The highest BCUT2D eigenvalue weighted by Gasteiger charge is 2.27. The smallest absolute Gasteiger partial charge is 0.0401 e. The van der Waals surface area contributed by atoms with Gasteiger partial charge in [-0.1, -0.05) is 66.7 Å². The monoisotopic (exact) mass is 305 g/mol. The number of hydrogen-bond acceptors (Lipinski definition) is 1. The van der Waals surface area contributed by atoms with Crippen molar-refractivity contribution in [3.8, 4) is 0 Å². The Kier molecular flexibility index (Phi) is 12.0. The summed E-state index contributed by atoms with van der Waals surface area (Å²) in [7, 11) is 0. The van der Waals surface area contributed by atoms with Gasteiger partial charge < -0.3 is 4.90 Å². The Bertz CT molecular complexity index is 367. The molecule has 0 spiro atoms. The van der Waals surface area contributed by atoms with E-state index < -0.39 is 0 Å². The molecule has 0 bridgehead atoms. The predicted molar refractivity (Wildman–Crippen MR) is 103 cm³/mol. The van der Waals surface area contributed by atoms with Gasteiger partial charge in [0.2, 0.25) is 0 Å². The van der Waals surface area contributed by atoms with Crippen LogP contribution in [0.1, 0.15) is 79.7 Å². The molecule has 22 heavy (non-hydrogen) atoms. The van der Waals surface area contributed by atoms with Crippen molar-refractivity contribution in [1.82, 2.24) is 0 Å². The molecule has 128 valence electrons. The van der Waals surface area contributed by atoms with Crippen LogP contribution in [-0.4, -0.2) is 12.6 Å². The normalized spacial score (nSPS) is 18.4. The van der Waals surface area contributed by atoms with Crippen LogP contribution in [0.4, 0.5) is 5.69 Å². The Labute approximate surface area is 140 Å². The Morgan fingerprint density at radius 1 is 0.909 bits per heavy atom. The molecule has 1 aromatic carbocycles. The van der Waals surface area contributed by atoms with Gasteiger partial charge in [-0.25, -0.2) is 0 Å². The van der Waals surface area contributed by atoms with E-state index in [1.165, 1.54) is 44.3 Å². The van der Waals surface area contributed by atoms with Gasteiger partial charge in [0.05, 0.1) is 0 Å². The first-order chi connectivity index (χ1) is 10.7. The standard InChI is InChI=1S/C13H17N.C4H10.2C2H6/c1-2-7-13-11(5-1)8-9-12-6-3-4-10-14(12)13;1-4(2)3;2*1-2/h1-2,5,7,12H,3-4,6,8-10H2;4H,1-3H3;2*1-2H3. The van der Waals surface area contributed by atoms with Gasteiger partial charge in [0.25, 0.3) is 0 Å². The van der Waals surface area contributed by atoms with E-state index in [0.29, 0.717) is 0 Å². The van der Waals surface area contributed by atoms with Crippen LogP contribution < -0.4 is 4.90 Å². The maximum absolute atomic E-state index is 2.64. The molecule has 1 heteroatoms. The molecular formula is C21H39N. The maximum Gasteiger partial charge on any atom is 0.0401 e. The fraction of sp³-hybridized carbons (Fsp3) is 0.714. The minimum Gasteiger partial charge on any atom is -0.368 e. The molecule has 1 fully saturated rings. The van der Waals surface area contributed by atoms with Crippen molar-refractivity contribution in [3.63, 3.8) is 0 Å². The van der Waals surface area contributed by atoms with Crippen molar-refractivity contribution in [2.75, 3.05) is 11.4 Å². The highest BCUT2D eigenvalue weighted by Crippen LogP contribution is 2.34. The number of benzene rings is 1. The minimum absolute atomic E-state index is 0.833. The topological polar surface area (TPSA) is 3.24 Å². The number of para-hydroxylation sites is 1. The van der Waals surface area contributed by atoms with Gasteiger partial charge in [0.15, 0.2) is 0 Å². The average molecular weight is 306 g/mol. The zero-order valence-electron chi connectivity index (χ0n) is 16.2. The second-order valence-electron chi connectivity index (χ2n) is 6.24. The van der Waals surface area contributed by atoms with E-state index in [1.54, 1.807) is 5.56 Å². The summed E-state index contributed by atoms with van der Waals surface area (Å²) in [6, 6.07) is 9.78. The predicted octanol–water partition coefficient (Wildman–Crippen LogP) is 6.71. The largest absolute Gasteiger partial charge is 0.368 e. The highest BCUT2D eigenvalue weighted by atomic mass is 15.2. The SMILES string of the molecule is CC.CC.CC(C)C.c1ccc2c(c1)CCC1CCCCN21. The Morgan fingerprint density at radius 2 is 1.50 bits per heavy atom. The number of rotatable bonds is 0. The summed E-state index contributed by atoms with van der Waals surface area (Å²) in [6.45, 7) is 15.8. The first kappa shape index (κ1) is 21.0. The number of anilines is 1. The third kappa shape index (κ3) is 6.85. The molecule has 0 radical (unpaired) electrons. The molecule has 2 aliphatic heterocycles. The summed E-state index contributed by atoms with van der Waals surface area (Å²) in [6.07, 6.45) is 6.89. The van der Waals surface area contributed by atoms with E-state index in [2.05, 4.69) is 49.9 Å². The van der Waals surface area contributed by atoms with Gasteiger partial charge in [-0.05, 0) is 49.7 Å². The average Bonchev–Trinajstić information content (AvgIpc) is 2.58. The first-order valence-electron chi connectivity index (χ1n) is 9.53. The number of hydrogen-bond donors (Lipinski definition) is 0. The lowest BCUT2D eigenvalue weighted by Gasteiger charge is -2.42. The van der Waals surface area contributed by atoms with Crippen molar-refractivity contribution in [1.29, 1.82) is 0 Å². The maximum atomic E-state index is 2.64. The summed E-state index contributed by atoms with van der Waals surface area (Å²) in [5.74, 6) is 0.833. The van der Waals surface area contributed by atoms with Gasteiger partial charge in [-0.3, -0.25) is 0 Å². The van der Waals surface area contributed by atoms with Crippen LogP contribution in [0.3, 0.4) is 0 Å². The molecule has 0 aliphatic carbocycles. The molecule has 3 rings (SSSR count). The fourth-order valence-electron chi connectivity index (χ4n) is 2.94. The quantitative estimate of drug-likeness (QED) is 0.515.